The van der Waals surface area contributed by atoms with Crippen LogP contribution in [0.3, 0.4) is 0 Å². The molecule has 1 unspecified atom stereocenters. The summed E-state index contributed by atoms with van der Waals surface area (Å²) in [5.41, 5.74) is 6.66. The number of carbonyl (C=O) groups excluding carboxylic acids is 3. The first-order valence-corrected chi connectivity index (χ1v) is 8.72. The first-order chi connectivity index (χ1) is 12.2. The molecule has 0 fully saturated rings. The van der Waals surface area contributed by atoms with Crippen LogP contribution in [0.5, 0.6) is 0 Å². The molecular weight excluding hydrogens is 380 g/mol. The summed E-state index contributed by atoms with van der Waals surface area (Å²) >= 11 is 7.21. The highest BCUT2D eigenvalue weighted by Gasteiger charge is 2.20. The number of halogens is 1. The number of nitrogens with one attached hydrogen (secondary N) is 1. The maximum atomic E-state index is 12.1. The lowest BCUT2D eigenvalue weighted by Gasteiger charge is -2.12. The van der Waals surface area contributed by atoms with Gasteiger partial charge in [-0.05, 0) is 31.4 Å². The number of thiophene rings is 1. The van der Waals surface area contributed by atoms with Crippen LogP contribution < -0.4 is 11.1 Å². The number of aromatic nitrogens is 2. The molecule has 2 amide bonds. The fourth-order valence-electron chi connectivity index (χ4n) is 2.07. The highest BCUT2D eigenvalue weighted by molar-refractivity contribution is 7.14. The van der Waals surface area contributed by atoms with Crippen molar-refractivity contribution >= 4 is 51.8 Å². The molecule has 3 N–H and O–H groups in total. The molecule has 0 aliphatic heterocycles. The number of hydrogen-bond donors (Lipinski definition) is 2. The molecule has 138 valence electrons. The van der Waals surface area contributed by atoms with E-state index < -0.39 is 23.9 Å². The van der Waals surface area contributed by atoms with Gasteiger partial charge in [0, 0.05) is 18.7 Å². The van der Waals surface area contributed by atoms with Crippen LogP contribution in [0.15, 0.2) is 17.5 Å². The van der Waals surface area contributed by atoms with Crippen molar-refractivity contribution in [2.45, 2.75) is 20.0 Å². The van der Waals surface area contributed by atoms with Crippen molar-refractivity contribution in [1.29, 1.82) is 0 Å². The number of ether oxygens (including phenoxy) is 1. The van der Waals surface area contributed by atoms with Crippen LogP contribution in [0.4, 0.5) is 5.00 Å². The normalized spacial score (nSPS) is 12.2. The number of nitrogens with two attached hydrogens (primary N) is 1. The van der Waals surface area contributed by atoms with Crippen LogP contribution in [0.25, 0.3) is 6.08 Å². The van der Waals surface area contributed by atoms with Gasteiger partial charge in [-0.3, -0.25) is 14.3 Å². The van der Waals surface area contributed by atoms with Crippen molar-refractivity contribution < 1.29 is 19.1 Å². The lowest BCUT2D eigenvalue weighted by atomic mass is 10.2. The average molecular weight is 397 g/mol. The molecule has 2 heterocycles. The third-order valence-corrected chi connectivity index (χ3v) is 4.69. The summed E-state index contributed by atoms with van der Waals surface area (Å²) in [6.07, 6.45) is 1.57. The van der Waals surface area contributed by atoms with Gasteiger partial charge in [0.15, 0.2) is 6.10 Å². The quantitative estimate of drug-likeness (QED) is 0.573. The van der Waals surface area contributed by atoms with Gasteiger partial charge in [-0.25, -0.2) is 4.79 Å². The van der Waals surface area contributed by atoms with Crippen LogP contribution >= 0.6 is 22.9 Å². The maximum Gasteiger partial charge on any atom is 0.331 e. The first kappa shape index (κ1) is 19.7. The zero-order valence-electron chi connectivity index (χ0n) is 14.3. The number of anilines is 1. The number of hydrogen-bond acceptors (Lipinski definition) is 6. The molecule has 0 saturated carbocycles. The van der Waals surface area contributed by atoms with Gasteiger partial charge in [-0.1, -0.05) is 11.6 Å². The molecule has 0 aliphatic rings. The first-order valence-electron chi connectivity index (χ1n) is 7.46. The summed E-state index contributed by atoms with van der Waals surface area (Å²) in [5, 5.41) is 8.95. The van der Waals surface area contributed by atoms with E-state index in [9.17, 15) is 14.4 Å². The molecule has 2 aromatic heterocycles. The highest BCUT2D eigenvalue weighted by atomic mass is 35.5. The van der Waals surface area contributed by atoms with Crippen molar-refractivity contribution in [2.75, 3.05) is 5.32 Å². The highest BCUT2D eigenvalue weighted by Crippen LogP contribution is 2.23. The van der Waals surface area contributed by atoms with Crippen LogP contribution in [-0.4, -0.2) is 33.7 Å². The lowest BCUT2D eigenvalue weighted by Crippen LogP contribution is -2.29. The van der Waals surface area contributed by atoms with Gasteiger partial charge >= 0.3 is 5.97 Å². The van der Waals surface area contributed by atoms with Crippen LogP contribution in [0.1, 0.15) is 28.5 Å². The minimum atomic E-state index is -1.07. The van der Waals surface area contributed by atoms with Crippen LogP contribution in [-0.2, 0) is 21.4 Å². The van der Waals surface area contributed by atoms with E-state index in [4.69, 9.17) is 22.1 Å². The van der Waals surface area contributed by atoms with E-state index in [-0.39, 0.29) is 5.56 Å². The summed E-state index contributed by atoms with van der Waals surface area (Å²) in [4.78, 5) is 35.3. The monoisotopic (exact) mass is 396 g/mol. The minimum absolute atomic E-state index is 0.198. The Hall–Kier alpha value is -2.65. The second-order valence-corrected chi connectivity index (χ2v) is 6.62. The van der Waals surface area contributed by atoms with Crippen molar-refractivity contribution in [1.82, 2.24) is 9.78 Å². The molecule has 2 aromatic rings. The van der Waals surface area contributed by atoms with Crippen molar-refractivity contribution in [2.24, 2.45) is 12.8 Å². The summed E-state index contributed by atoms with van der Waals surface area (Å²) < 4.78 is 6.53. The Labute approximate surface area is 158 Å². The maximum absolute atomic E-state index is 12.1. The van der Waals surface area contributed by atoms with Gasteiger partial charge in [0.05, 0.1) is 11.3 Å². The van der Waals surface area contributed by atoms with Gasteiger partial charge in [0.1, 0.15) is 10.2 Å². The number of aryl methyl sites for hydroxylation is 2. The summed E-state index contributed by atoms with van der Waals surface area (Å²) in [5.74, 6) is -1.95. The fourth-order valence-corrected chi connectivity index (χ4v) is 3.10. The molecule has 0 spiro atoms. The van der Waals surface area contributed by atoms with Crippen molar-refractivity contribution in [3.63, 3.8) is 0 Å². The number of nitrogens with zero attached hydrogens (tertiary/aromatic N) is 2. The van der Waals surface area contributed by atoms with Crippen LogP contribution in [0.2, 0.25) is 5.15 Å². The van der Waals surface area contributed by atoms with E-state index in [0.717, 1.165) is 11.3 Å². The Morgan fingerprint density at radius 3 is 2.73 bits per heavy atom. The zero-order valence-corrected chi connectivity index (χ0v) is 15.9. The van der Waals surface area contributed by atoms with Crippen molar-refractivity contribution in [3.8, 4) is 0 Å². The van der Waals surface area contributed by atoms with Gasteiger partial charge in [-0.15, -0.1) is 11.3 Å². The van der Waals surface area contributed by atoms with Crippen molar-refractivity contribution in [3.05, 3.63) is 39.5 Å². The molecule has 26 heavy (non-hydrogen) atoms. The SMILES string of the molecule is Cc1nn(C)c(Cl)c1/C=C/C(=O)OC(C)C(=O)Nc1sccc1C(N)=O. The van der Waals surface area contributed by atoms with Gasteiger partial charge < -0.3 is 15.8 Å². The van der Waals surface area contributed by atoms with Gasteiger partial charge in [0.2, 0.25) is 0 Å². The van der Waals surface area contributed by atoms with E-state index in [1.807, 2.05) is 0 Å². The Bertz CT molecular complexity index is 887. The van der Waals surface area contributed by atoms with Gasteiger partial charge in [0.25, 0.3) is 11.8 Å². The van der Waals surface area contributed by atoms with E-state index in [2.05, 4.69) is 10.4 Å². The molecule has 1 atom stereocenters. The lowest BCUT2D eigenvalue weighted by molar-refractivity contribution is -0.148. The van der Waals surface area contributed by atoms with E-state index in [1.54, 1.807) is 19.4 Å². The number of esters is 1. The third kappa shape index (κ3) is 4.50. The molecule has 2 rings (SSSR count). The number of carbonyl (C=O) groups is 3. The molecule has 8 nitrogen and oxygen atoms in total. The van der Waals surface area contributed by atoms with Gasteiger partial charge in [-0.2, -0.15) is 5.10 Å². The standard InChI is InChI=1S/C16H17ClN4O4S/c1-8-10(13(17)21(3)20-8)4-5-12(22)25-9(2)15(24)19-16-11(14(18)23)6-7-26-16/h4-7,9H,1-3H3,(H2,18,23)(H,19,24)/b5-4+. The predicted molar refractivity (Wildman–Crippen MR) is 99.0 cm³/mol. The second kappa shape index (κ2) is 8.15. The topological polar surface area (TPSA) is 116 Å². The summed E-state index contributed by atoms with van der Waals surface area (Å²) in [6, 6.07) is 1.50. The fraction of sp³-hybridized carbons (Fsp3) is 0.250. The van der Waals surface area contributed by atoms with E-state index in [0.29, 0.717) is 21.4 Å². The molecular formula is C16H17ClN4O4S. The minimum Gasteiger partial charge on any atom is -0.449 e. The molecule has 10 heteroatoms. The Morgan fingerprint density at radius 2 is 2.15 bits per heavy atom. The van der Waals surface area contributed by atoms with E-state index in [1.165, 1.54) is 29.8 Å². The molecule has 0 saturated heterocycles. The Kier molecular flexibility index (Phi) is 6.17. The molecule has 0 aromatic carbocycles. The van der Waals surface area contributed by atoms with Crippen LogP contribution in [0, 0.1) is 6.92 Å². The summed E-state index contributed by atoms with van der Waals surface area (Å²) in [7, 11) is 1.68. The smallest absolute Gasteiger partial charge is 0.331 e. The Balaban J connectivity index is 1.98. The predicted octanol–water partition coefficient (Wildman–Crippen LogP) is 2.13. The molecule has 0 aliphatic carbocycles. The van der Waals surface area contributed by atoms with E-state index >= 15 is 0 Å². The molecule has 0 radical (unpaired) electrons. The number of rotatable bonds is 6. The second-order valence-electron chi connectivity index (χ2n) is 5.34. The number of primary amides is 1. The molecule has 0 bridgehead atoms. The Morgan fingerprint density at radius 1 is 1.46 bits per heavy atom. The largest absolute Gasteiger partial charge is 0.449 e. The zero-order chi connectivity index (χ0) is 19.4. The number of amides is 2. The summed E-state index contributed by atoms with van der Waals surface area (Å²) in [6.45, 7) is 3.17. The third-order valence-electron chi connectivity index (χ3n) is 3.41. The average Bonchev–Trinajstić information content (AvgIpc) is 3.11.